The van der Waals surface area contributed by atoms with Crippen molar-refractivity contribution in [1.82, 2.24) is 0 Å². The van der Waals surface area contributed by atoms with Crippen LogP contribution < -0.4 is 27.9 Å². The Morgan fingerprint density at radius 3 is 1.01 bits per heavy atom. The van der Waals surface area contributed by atoms with Gasteiger partial charge in [0.2, 0.25) is 0 Å². The summed E-state index contributed by atoms with van der Waals surface area (Å²) < 4.78 is 55.2. The molecule has 4 aromatic carbocycles. The van der Waals surface area contributed by atoms with Gasteiger partial charge in [-0.25, -0.2) is 9.13 Å². The number of aryl methyl sites for hydroxylation is 10. The summed E-state index contributed by atoms with van der Waals surface area (Å²) in [6.07, 6.45) is 27.2. The van der Waals surface area contributed by atoms with E-state index in [0.29, 0.717) is 35.8 Å². The molecule has 1 N–H and O–H groups in total. The van der Waals surface area contributed by atoms with Crippen molar-refractivity contribution >= 4 is 32.3 Å². The number of unbranched alkanes of at least 4 members (excludes halogenated alkanes) is 8. The van der Waals surface area contributed by atoms with Gasteiger partial charge in [-0.2, -0.15) is 0 Å². The van der Waals surface area contributed by atoms with E-state index in [0.717, 1.165) is 136 Å². The number of hydrogen-bond donors (Lipinski definition) is 1. The maximum atomic E-state index is 13.0. The number of fused-ring (bicyclic) bond motifs is 4. The summed E-state index contributed by atoms with van der Waals surface area (Å²) in [6, 6.07) is 20.2. The molecule has 4 bridgehead atoms. The summed E-state index contributed by atoms with van der Waals surface area (Å²) >= 11 is 1.42. The first-order chi connectivity index (χ1) is 32.9. The zero-order valence-corrected chi connectivity index (χ0v) is 45.3. The van der Waals surface area contributed by atoms with Gasteiger partial charge < -0.3 is 27.9 Å². The fourth-order valence-corrected chi connectivity index (χ4v) is 11.1. The first-order valence-electron chi connectivity index (χ1n) is 26.1. The second-order valence-electron chi connectivity index (χ2n) is 18.6. The van der Waals surface area contributed by atoms with Crippen molar-refractivity contribution in [3.8, 4) is 23.0 Å². The molecular formula is C56H81AlO9P2. The summed E-state index contributed by atoms with van der Waals surface area (Å²) in [5.74, 6) is 1.76. The Morgan fingerprint density at radius 2 is 0.735 bits per heavy atom. The van der Waals surface area contributed by atoms with E-state index >= 15 is 0 Å². The zero-order valence-electron chi connectivity index (χ0n) is 42.3. The molecule has 9 nitrogen and oxygen atoms in total. The van der Waals surface area contributed by atoms with Crippen LogP contribution >= 0.6 is 15.6 Å². The van der Waals surface area contributed by atoms with Crippen LogP contribution in [0.4, 0.5) is 0 Å². The van der Waals surface area contributed by atoms with Crippen LogP contribution in [0.15, 0.2) is 60.7 Å². The summed E-state index contributed by atoms with van der Waals surface area (Å²) in [5, 5.41) is 0. The van der Waals surface area contributed by atoms with Crippen molar-refractivity contribution in [3.63, 3.8) is 0 Å². The SMILES string of the molecule is CCCCCc1ccc(OP(=O)([O-])Oc2c3cc(CCCCC)cc2CCCC3)c(CC)c1.CCCCCc1ccc(OP(=O)([O-])Oc2c3cc(CCCCC)cc2CCCC3)c(CC)c1.[OH][Al+2]. The molecule has 0 saturated heterocycles. The van der Waals surface area contributed by atoms with Crippen molar-refractivity contribution in [2.75, 3.05) is 0 Å². The molecule has 0 amide bonds. The molecule has 68 heavy (non-hydrogen) atoms. The quantitative estimate of drug-likeness (QED) is 0.0370. The van der Waals surface area contributed by atoms with Crippen LogP contribution in [0, 0.1) is 0 Å². The van der Waals surface area contributed by atoms with Gasteiger partial charge in [-0.3, -0.25) is 0 Å². The van der Waals surface area contributed by atoms with Gasteiger partial charge in [0.1, 0.15) is 23.0 Å². The van der Waals surface area contributed by atoms with Gasteiger partial charge in [0, 0.05) is 0 Å². The third-order valence-electron chi connectivity index (χ3n) is 13.0. The van der Waals surface area contributed by atoms with Gasteiger partial charge >= 0.3 is 36.4 Å². The van der Waals surface area contributed by atoms with Crippen molar-refractivity contribution < 1.29 is 41.2 Å². The molecule has 0 heterocycles. The number of phosphoric acid groups is 2. The van der Waals surface area contributed by atoms with E-state index in [9.17, 15) is 18.9 Å². The van der Waals surface area contributed by atoms with Crippen LogP contribution in [-0.2, 0) is 73.3 Å². The minimum atomic E-state index is -4.56. The van der Waals surface area contributed by atoms with Crippen molar-refractivity contribution in [1.29, 1.82) is 0 Å². The fourth-order valence-electron chi connectivity index (χ4n) is 9.31. The standard InChI is InChI=1S/2C28H41O4P.Al.H2O/c2*1-4-7-9-13-22-17-18-27(24(6-3)19-22)31-33(29,30)32-28-25-15-11-12-16-26(28)21-23(20-25)14-10-8-5-2;;/h2*17-21H,4-16H2,1-3H3,(H,29,30);;1H2/q;;+3;/p-3. The Kier molecular flexibility index (Phi) is 25.9. The number of benzene rings is 4. The topological polar surface area (TPSA) is 137 Å². The maximum absolute atomic E-state index is 13.0. The van der Waals surface area contributed by atoms with Gasteiger partial charge in [0.05, 0.1) is 0 Å². The second-order valence-corrected chi connectivity index (χ2v) is 21.1. The van der Waals surface area contributed by atoms with E-state index in [-0.39, 0.29) is 0 Å². The number of phosphoric ester groups is 2. The molecule has 372 valence electrons. The molecule has 0 spiro atoms. The van der Waals surface area contributed by atoms with Crippen molar-refractivity contribution in [2.24, 2.45) is 0 Å². The monoisotopic (exact) mass is 987 g/mol. The average Bonchev–Trinajstić information content (AvgIpc) is 3.49. The molecule has 0 fully saturated rings. The molecule has 2 atom stereocenters. The molecule has 0 aliphatic heterocycles. The van der Waals surface area contributed by atoms with E-state index in [1.807, 2.05) is 26.0 Å². The predicted octanol–water partition coefficient (Wildman–Crippen LogP) is 14.1. The first-order valence-corrected chi connectivity index (χ1v) is 29.5. The summed E-state index contributed by atoms with van der Waals surface area (Å²) in [6.45, 7) is 12.8. The van der Waals surface area contributed by atoms with E-state index in [2.05, 4.69) is 64.1 Å². The van der Waals surface area contributed by atoms with Crippen molar-refractivity contribution in [3.05, 3.63) is 116 Å². The van der Waals surface area contributed by atoms with Crippen LogP contribution in [0.3, 0.4) is 0 Å². The Morgan fingerprint density at radius 1 is 0.441 bits per heavy atom. The Balaban J connectivity index is 0.000000286. The Hall–Kier alpha value is -3.05. The fraction of sp³-hybridized carbons (Fsp3) is 0.571. The van der Waals surface area contributed by atoms with Crippen LogP contribution in [0.25, 0.3) is 0 Å². The predicted molar refractivity (Wildman–Crippen MR) is 276 cm³/mol. The molecule has 0 radical (unpaired) electrons. The molecule has 4 aromatic rings. The van der Waals surface area contributed by atoms with Gasteiger partial charge in [0.25, 0.3) is 0 Å². The third kappa shape index (κ3) is 18.9. The van der Waals surface area contributed by atoms with Crippen LogP contribution in [0.2, 0.25) is 0 Å². The normalized spacial score (nSPS) is 14.7. The molecule has 6 rings (SSSR count). The number of rotatable bonds is 26. The van der Waals surface area contributed by atoms with E-state index in [1.165, 1.54) is 90.2 Å². The van der Waals surface area contributed by atoms with Gasteiger partial charge in [-0.1, -0.05) is 141 Å². The van der Waals surface area contributed by atoms with Crippen LogP contribution in [-0.4, -0.2) is 20.8 Å². The molecule has 0 saturated carbocycles. The van der Waals surface area contributed by atoms with Crippen LogP contribution in [0.5, 0.6) is 23.0 Å². The summed E-state index contributed by atoms with van der Waals surface area (Å²) in [4.78, 5) is 25.9. The molecule has 2 unspecified atom stereocenters. The molecule has 2 aliphatic carbocycles. The third-order valence-corrected chi connectivity index (χ3v) is 14.7. The van der Waals surface area contributed by atoms with Crippen LogP contribution in [0.1, 0.15) is 200 Å². The molecule has 12 heteroatoms. The second kappa shape index (κ2) is 30.6. The molecule has 2 aliphatic rings. The molecule has 0 aromatic heterocycles. The Labute approximate surface area is 419 Å². The van der Waals surface area contributed by atoms with E-state index in [4.69, 9.17) is 22.3 Å². The molecular weight excluding hydrogens is 906 g/mol. The van der Waals surface area contributed by atoms with Gasteiger partial charge in [-0.05, 0) is 183 Å². The minimum absolute atomic E-state index is 0.379. The zero-order chi connectivity index (χ0) is 49.4. The van der Waals surface area contributed by atoms with Gasteiger partial charge in [-0.15, -0.1) is 0 Å². The Bertz CT molecular complexity index is 2020. The average molecular weight is 987 g/mol. The van der Waals surface area contributed by atoms with E-state index in [1.54, 1.807) is 12.1 Å². The van der Waals surface area contributed by atoms with E-state index < -0.39 is 15.6 Å². The van der Waals surface area contributed by atoms with Gasteiger partial charge in [0.15, 0.2) is 0 Å². The summed E-state index contributed by atoms with van der Waals surface area (Å²) in [5.41, 5.74) is 10.8. The van der Waals surface area contributed by atoms with Crippen molar-refractivity contribution in [2.45, 2.75) is 208 Å². The summed E-state index contributed by atoms with van der Waals surface area (Å²) in [7, 11) is -9.12. The number of hydrogen-bond acceptors (Lipinski definition) is 9. The first kappa shape index (κ1) is 57.5.